The number of aryl methyl sites for hydroxylation is 1. The third-order valence-electron chi connectivity index (χ3n) is 3.24. The van der Waals surface area contributed by atoms with E-state index in [1.54, 1.807) is 0 Å². The molecule has 1 fully saturated rings. The van der Waals surface area contributed by atoms with E-state index in [9.17, 15) is 5.11 Å². The number of nitrogens with two attached hydrogens (primary N) is 1. The normalized spacial score (nSPS) is 24.3. The van der Waals surface area contributed by atoms with Gasteiger partial charge in [-0.05, 0) is 25.7 Å². The highest BCUT2D eigenvalue weighted by Crippen LogP contribution is 2.40. The predicted molar refractivity (Wildman–Crippen MR) is 55.2 cm³/mol. The second-order valence-electron chi connectivity index (χ2n) is 4.42. The fraction of sp³-hybridized carbons (Fsp3) is 0.636. The number of aliphatic hydroxyl groups excluding tert-OH is 1. The summed E-state index contributed by atoms with van der Waals surface area (Å²) in [5, 5.41) is 9.80. The van der Waals surface area contributed by atoms with Crippen molar-refractivity contribution in [1.82, 2.24) is 9.97 Å². The molecule has 0 spiro atoms. The van der Waals surface area contributed by atoms with E-state index in [-0.39, 0.29) is 0 Å². The lowest BCUT2D eigenvalue weighted by atomic mass is 10.1. The zero-order valence-electron chi connectivity index (χ0n) is 8.61. The third kappa shape index (κ3) is 1.44. The average Bonchev–Trinajstić information content (AvgIpc) is 3.03. The van der Waals surface area contributed by atoms with Gasteiger partial charge in [-0.3, -0.25) is 0 Å². The fourth-order valence-electron chi connectivity index (χ4n) is 2.26. The summed E-state index contributed by atoms with van der Waals surface area (Å²) in [6.07, 6.45) is 3.64. The number of rotatable bonds is 2. The fourth-order valence-corrected chi connectivity index (χ4v) is 2.26. The lowest BCUT2D eigenvalue weighted by Gasteiger charge is -2.10. The van der Waals surface area contributed by atoms with E-state index >= 15 is 0 Å². The molecule has 1 aromatic rings. The average molecular weight is 205 g/mol. The molecule has 15 heavy (non-hydrogen) atoms. The summed E-state index contributed by atoms with van der Waals surface area (Å²) >= 11 is 0. The topological polar surface area (TPSA) is 72.0 Å². The zero-order chi connectivity index (χ0) is 10.4. The highest BCUT2D eigenvalue weighted by Gasteiger charge is 2.31. The van der Waals surface area contributed by atoms with Crippen LogP contribution < -0.4 is 5.73 Å². The van der Waals surface area contributed by atoms with Crippen LogP contribution in [0.4, 0.5) is 0 Å². The van der Waals surface area contributed by atoms with Gasteiger partial charge in [-0.1, -0.05) is 0 Å². The van der Waals surface area contributed by atoms with Gasteiger partial charge >= 0.3 is 0 Å². The largest absolute Gasteiger partial charge is 0.388 e. The zero-order valence-corrected chi connectivity index (χ0v) is 8.61. The Kier molecular flexibility index (Phi) is 2.00. The van der Waals surface area contributed by atoms with Crippen molar-refractivity contribution in [2.75, 3.05) is 0 Å². The van der Waals surface area contributed by atoms with Gasteiger partial charge in [0.25, 0.3) is 0 Å². The van der Waals surface area contributed by atoms with E-state index in [4.69, 9.17) is 5.73 Å². The maximum atomic E-state index is 9.80. The highest BCUT2D eigenvalue weighted by molar-refractivity contribution is 5.33. The Labute approximate surface area is 88.5 Å². The molecule has 4 nitrogen and oxygen atoms in total. The molecule has 3 rings (SSSR count). The van der Waals surface area contributed by atoms with Crippen LogP contribution in [-0.2, 0) is 13.0 Å². The van der Waals surface area contributed by atoms with Crippen molar-refractivity contribution >= 4 is 0 Å². The maximum absolute atomic E-state index is 9.80. The van der Waals surface area contributed by atoms with Crippen LogP contribution in [0.15, 0.2) is 0 Å². The van der Waals surface area contributed by atoms with E-state index in [2.05, 4.69) is 9.97 Å². The number of aliphatic hydroxyl groups is 1. The van der Waals surface area contributed by atoms with E-state index in [0.717, 1.165) is 35.6 Å². The van der Waals surface area contributed by atoms with Crippen LogP contribution in [-0.4, -0.2) is 15.1 Å². The van der Waals surface area contributed by atoms with Gasteiger partial charge in [0.05, 0.1) is 17.5 Å². The van der Waals surface area contributed by atoms with Gasteiger partial charge in [0.1, 0.15) is 5.82 Å². The van der Waals surface area contributed by atoms with E-state index in [0.29, 0.717) is 12.5 Å². The SMILES string of the molecule is NCc1nc(C2CC2)nc2c1C(O)CC2. The van der Waals surface area contributed by atoms with Gasteiger partial charge in [-0.25, -0.2) is 9.97 Å². The molecule has 1 unspecified atom stereocenters. The van der Waals surface area contributed by atoms with Crippen molar-refractivity contribution < 1.29 is 5.11 Å². The molecule has 2 aliphatic carbocycles. The lowest BCUT2D eigenvalue weighted by Crippen LogP contribution is -2.10. The molecule has 0 saturated heterocycles. The van der Waals surface area contributed by atoms with Crippen LogP contribution in [0.25, 0.3) is 0 Å². The van der Waals surface area contributed by atoms with Crippen LogP contribution in [0.2, 0.25) is 0 Å². The first kappa shape index (κ1) is 9.24. The molecule has 1 saturated carbocycles. The first-order valence-electron chi connectivity index (χ1n) is 5.57. The Morgan fingerprint density at radius 3 is 2.73 bits per heavy atom. The van der Waals surface area contributed by atoms with Crippen molar-refractivity contribution in [3.05, 3.63) is 22.8 Å². The van der Waals surface area contributed by atoms with Gasteiger partial charge in [-0.15, -0.1) is 0 Å². The van der Waals surface area contributed by atoms with Crippen molar-refractivity contribution in [3.63, 3.8) is 0 Å². The molecule has 0 aromatic carbocycles. The molecule has 1 heterocycles. The Hall–Kier alpha value is -1.00. The van der Waals surface area contributed by atoms with Gasteiger partial charge in [-0.2, -0.15) is 0 Å². The molecule has 0 amide bonds. The molecule has 1 atom stereocenters. The van der Waals surface area contributed by atoms with Crippen molar-refractivity contribution in [3.8, 4) is 0 Å². The third-order valence-corrected chi connectivity index (χ3v) is 3.24. The van der Waals surface area contributed by atoms with Crippen LogP contribution in [0.5, 0.6) is 0 Å². The van der Waals surface area contributed by atoms with Crippen LogP contribution in [0, 0.1) is 0 Å². The number of hydrogen-bond donors (Lipinski definition) is 2. The number of hydrogen-bond acceptors (Lipinski definition) is 4. The second-order valence-corrected chi connectivity index (χ2v) is 4.42. The van der Waals surface area contributed by atoms with Crippen molar-refractivity contribution in [2.24, 2.45) is 5.73 Å². The predicted octanol–water partition coefficient (Wildman–Crippen LogP) is 0.792. The molecule has 2 aliphatic rings. The summed E-state index contributed by atoms with van der Waals surface area (Å²) < 4.78 is 0. The smallest absolute Gasteiger partial charge is 0.132 e. The van der Waals surface area contributed by atoms with Crippen molar-refractivity contribution in [2.45, 2.75) is 44.2 Å². The van der Waals surface area contributed by atoms with Crippen LogP contribution >= 0.6 is 0 Å². The highest BCUT2D eigenvalue weighted by atomic mass is 16.3. The minimum absolute atomic E-state index is 0.396. The lowest BCUT2D eigenvalue weighted by molar-refractivity contribution is 0.178. The minimum atomic E-state index is -0.396. The summed E-state index contributed by atoms with van der Waals surface area (Å²) in [5.41, 5.74) is 8.46. The van der Waals surface area contributed by atoms with Crippen LogP contribution in [0.3, 0.4) is 0 Å². The second kappa shape index (κ2) is 3.25. The monoisotopic (exact) mass is 205 g/mol. The molecule has 3 N–H and O–H groups in total. The summed E-state index contributed by atoms with van der Waals surface area (Å²) in [6, 6.07) is 0. The van der Waals surface area contributed by atoms with E-state index in [1.165, 1.54) is 12.8 Å². The standard InChI is InChI=1S/C11H15N3O/c12-5-8-10-7(3-4-9(10)15)13-11(14-8)6-1-2-6/h6,9,15H,1-5,12H2. The van der Waals surface area contributed by atoms with Gasteiger partial charge in [0.2, 0.25) is 0 Å². The van der Waals surface area contributed by atoms with Gasteiger partial charge < -0.3 is 10.8 Å². The maximum Gasteiger partial charge on any atom is 0.132 e. The Morgan fingerprint density at radius 2 is 2.07 bits per heavy atom. The van der Waals surface area contributed by atoms with Gasteiger partial charge in [0, 0.05) is 18.0 Å². The Bertz CT molecular complexity index is 401. The van der Waals surface area contributed by atoms with Crippen LogP contribution in [0.1, 0.15) is 54.1 Å². The molecule has 0 aliphatic heterocycles. The first-order chi connectivity index (χ1) is 7.29. The Balaban J connectivity index is 2.10. The Morgan fingerprint density at radius 1 is 1.27 bits per heavy atom. The summed E-state index contributed by atoms with van der Waals surface area (Å²) in [4.78, 5) is 9.03. The summed E-state index contributed by atoms with van der Waals surface area (Å²) in [5.74, 6) is 1.50. The summed E-state index contributed by atoms with van der Waals surface area (Å²) in [7, 11) is 0. The number of fused-ring (bicyclic) bond motifs is 1. The molecule has 80 valence electrons. The van der Waals surface area contributed by atoms with Crippen molar-refractivity contribution in [1.29, 1.82) is 0 Å². The first-order valence-corrected chi connectivity index (χ1v) is 5.57. The van der Waals surface area contributed by atoms with E-state index in [1.807, 2.05) is 0 Å². The quantitative estimate of drug-likeness (QED) is 0.748. The number of nitrogens with zero attached hydrogens (tertiary/aromatic N) is 2. The molecule has 4 heteroatoms. The minimum Gasteiger partial charge on any atom is -0.388 e. The molecule has 1 aromatic heterocycles. The van der Waals surface area contributed by atoms with Gasteiger partial charge in [0.15, 0.2) is 0 Å². The molecular weight excluding hydrogens is 190 g/mol. The summed E-state index contributed by atoms with van der Waals surface area (Å²) in [6.45, 7) is 0.404. The molecular formula is C11H15N3O. The number of aromatic nitrogens is 2. The molecule has 0 bridgehead atoms. The molecule has 0 radical (unpaired) electrons. The van der Waals surface area contributed by atoms with E-state index < -0.39 is 6.10 Å².